The number of rotatable bonds is 3. The monoisotopic (exact) mass is 253 g/mol. The van der Waals surface area contributed by atoms with Gasteiger partial charge < -0.3 is 5.32 Å². The maximum atomic E-state index is 3.57. The number of aryl methyl sites for hydroxylation is 1. The van der Waals surface area contributed by atoms with E-state index in [4.69, 9.17) is 0 Å². The minimum Gasteiger partial charge on any atom is -0.313 e. The Kier molecular flexibility index (Phi) is 3.56. The van der Waals surface area contributed by atoms with Crippen LogP contribution in [0, 0.1) is 12.8 Å². The SMILES string of the molecule is CNC(c1ccc(C)c2ccccc12)C1CCCC1. The van der Waals surface area contributed by atoms with Crippen LogP contribution in [0.15, 0.2) is 36.4 Å². The minimum absolute atomic E-state index is 0.507. The summed E-state index contributed by atoms with van der Waals surface area (Å²) in [7, 11) is 2.11. The van der Waals surface area contributed by atoms with Gasteiger partial charge in [-0.2, -0.15) is 0 Å². The van der Waals surface area contributed by atoms with Gasteiger partial charge in [0.2, 0.25) is 0 Å². The summed E-state index contributed by atoms with van der Waals surface area (Å²) in [6.07, 6.45) is 5.53. The fourth-order valence-corrected chi connectivity index (χ4v) is 3.68. The van der Waals surface area contributed by atoms with Crippen LogP contribution in [-0.2, 0) is 0 Å². The molecule has 1 aliphatic carbocycles. The van der Waals surface area contributed by atoms with Gasteiger partial charge in [0, 0.05) is 6.04 Å². The highest BCUT2D eigenvalue weighted by molar-refractivity contribution is 5.88. The molecule has 0 aliphatic heterocycles. The van der Waals surface area contributed by atoms with Crippen LogP contribution >= 0.6 is 0 Å². The zero-order chi connectivity index (χ0) is 13.2. The molecule has 1 fully saturated rings. The van der Waals surface area contributed by atoms with E-state index in [0.717, 1.165) is 5.92 Å². The van der Waals surface area contributed by atoms with Gasteiger partial charge in [-0.1, -0.05) is 49.2 Å². The van der Waals surface area contributed by atoms with Gasteiger partial charge in [0.15, 0.2) is 0 Å². The number of benzene rings is 2. The summed E-state index contributed by atoms with van der Waals surface area (Å²) in [5.41, 5.74) is 2.86. The molecule has 1 unspecified atom stereocenters. The van der Waals surface area contributed by atoms with Crippen molar-refractivity contribution in [1.29, 1.82) is 0 Å². The fraction of sp³-hybridized carbons (Fsp3) is 0.444. The number of hydrogen-bond acceptors (Lipinski definition) is 1. The Hall–Kier alpha value is -1.34. The molecule has 2 aromatic carbocycles. The third kappa shape index (κ3) is 2.28. The molecule has 1 aliphatic rings. The van der Waals surface area contributed by atoms with Crippen molar-refractivity contribution in [3.05, 3.63) is 47.5 Å². The van der Waals surface area contributed by atoms with Crippen LogP contribution in [-0.4, -0.2) is 7.05 Å². The summed E-state index contributed by atoms with van der Waals surface area (Å²) in [4.78, 5) is 0. The first-order valence-electron chi connectivity index (χ1n) is 7.47. The molecular weight excluding hydrogens is 230 g/mol. The average molecular weight is 253 g/mol. The van der Waals surface area contributed by atoms with Crippen LogP contribution in [0.2, 0.25) is 0 Å². The second-order valence-electron chi connectivity index (χ2n) is 5.83. The van der Waals surface area contributed by atoms with Crippen molar-refractivity contribution in [3.8, 4) is 0 Å². The van der Waals surface area contributed by atoms with E-state index in [2.05, 4.69) is 55.7 Å². The van der Waals surface area contributed by atoms with Crippen LogP contribution in [0.1, 0.15) is 42.9 Å². The van der Waals surface area contributed by atoms with E-state index >= 15 is 0 Å². The third-order valence-electron chi connectivity index (χ3n) is 4.69. The lowest BCUT2D eigenvalue weighted by molar-refractivity contribution is 0.392. The highest BCUT2D eigenvalue weighted by Gasteiger charge is 2.26. The molecule has 1 saturated carbocycles. The molecule has 100 valence electrons. The van der Waals surface area contributed by atoms with Crippen molar-refractivity contribution >= 4 is 10.8 Å². The van der Waals surface area contributed by atoms with Crippen molar-refractivity contribution in [1.82, 2.24) is 5.32 Å². The number of fused-ring (bicyclic) bond motifs is 1. The molecule has 0 saturated heterocycles. The third-order valence-corrected chi connectivity index (χ3v) is 4.69. The fourth-order valence-electron chi connectivity index (χ4n) is 3.68. The number of nitrogens with one attached hydrogen (secondary N) is 1. The molecule has 0 spiro atoms. The topological polar surface area (TPSA) is 12.0 Å². The van der Waals surface area contributed by atoms with Gasteiger partial charge in [-0.25, -0.2) is 0 Å². The molecule has 1 heteroatoms. The lowest BCUT2D eigenvalue weighted by Gasteiger charge is -2.25. The summed E-state index contributed by atoms with van der Waals surface area (Å²) in [5.74, 6) is 0.802. The van der Waals surface area contributed by atoms with Gasteiger partial charge in [-0.3, -0.25) is 0 Å². The Morgan fingerprint density at radius 3 is 2.37 bits per heavy atom. The van der Waals surface area contributed by atoms with Crippen molar-refractivity contribution < 1.29 is 0 Å². The van der Waals surface area contributed by atoms with Crippen LogP contribution < -0.4 is 5.32 Å². The van der Waals surface area contributed by atoms with Gasteiger partial charge in [0.25, 0.3) is 0 Å². The maximum Gasteiger partial charge on any atom is 0.0352 e. The lowest BCUT2D eigenvalue weighted by atomic mass is 9.87. The van der Waals surface area contributed by atoms with Gasteiger partial charge >= 0.3 is 0 Å². The zero-order valence-corrected chi connectivity index (χ0v) is 11.9. The first kappa shape index (κ1) is 12.7. The standard InChI is InChI=1S/C18H23N/c1-13-11-12-17(16-10-6-5-9-15(13)16)18(19-2)14-7-3-4-8-14/h5-6,9-12,14,18-19H,3-4,7-8H2,1-2H3. The molecule has 1 nitrogen and oxygen atoms in total. The van der Waals surface area contributed by atoms with Crippen LogP contribution in [0.5, 0.6) is 0 Å². The molecule has 1 atom stereocenters. The molecule has 0 aromatic heterocycles. The highest BCUT2D eigenvalue weighted by Crippen LogP contribution is 2.38. The number of hydrogen-bond donors (Lipinski definition) is 1. The second-order valence-corrected chi connectivity index (χ2v) is 5.83. The maximum absolute atomic E-state index is 3.57. The Morgan fingerprint density at radius 1 is 1.00 bits per heavy atom. The van der Waals surface area contributed by atoms with E-state index < -0.39 is 0 Å². The summed E-state index contributed by atoms with van der Waals surface area (Å²) < 4.78 is 0. The van der Waals surface area contributed by atoms with Gasteiger partial charge in [-0.05, 0) is 54.6 Å². The summed E-state index contributed by atoms with van der Waals surface area (Å²) in [6.45, 7) is 2.20. The Morgan fingerprint density at radius 2 is 1.68 bits per heavy atom. The quantitative estimate of drug-likeness (QED) is 0.843. The first-order chi connectivity index (χ1) is 9.31. The smallest absolute Gasteiger partial charge is 0.0352 e. The average Bonchev–Trinajstić information content (AvgIpc) is 2.96. The predicted molar refractivity (Wildman–Crippen MR) is 82.4 cm³/mol. The van der Waals surface area contributed by atoms with Crippen LogP contribution in [0.25, 0.3) is 10.8 Å². The van der Waals surface area contributed by atoms with Gasteiger partial charge in [-0.15, -0.1) is 0 Å². The van der Waals surface area contributed by atoms with E-state index in [1.165, 1.54) is 47.6 Å². The second kappa shape index (κ2) is 5.34. The van der Waals surface area contributed by atoms with E-state index in [1.54, 1.807) is 0 Å². The molecule has 2 aromatic rings. The Balaban J connectivity index is 2.10. The Bertz CT molecular complexity index is 567. The summed E-state index contributed by atoms with van der Waals surface area (Å²) in [5, 5.41) is 6.40. The van der Waals surface area contributed by atoms with E-state index in [-0.39, 0.29) is 0 Å². The molecule has 0 heterocycles. The largest absolute Gasteiger partial charge is 0.313 e. The normalized spacial score (nSPS) is 18.0. The summed E-state index contributed by atoms with van der Waals surface area (Å²) in [6, 6.07) is 13.9. The summed E-state index contributed by atoms with van der Waals surface area (Å²) >= 11 is 0. The van der Waals surface area contributed by atoms with Crippen molar-refractivity contribution in [2.75, 3.05) is 7.05 Å². The molecule has 19 heavy (non-hydrogen) atoms. The zero-order valence-electron chi connectivity index (χ0n) is 11.9. The lowest BCUT2D eigenvalue weighted by Crippen LogP contribution is -2.23. The molecule has 1 N–H and O–H groups in total. The van der Waals surface area contributed by atoms with Crippen molar-refractivity contribution in [2.45, 2.75) is 38.6 Å². The first-order valence-corrected chi connectivity index (χ1v) is 7.47. The molecular formula is C18H23N. The van der Waals surface area contributed by atoms with Crippen LogP contribution in [0.4, 0.5) is 0 Å². The highest BCUT2D eigenvalue weighted by atomic mass is 14.9. The molecule has 0 amide bonds. The van der Waals surface area contributed by atoms with E-state index in [0.29, 0.717) is 6.04 Å². The predicted octanol–water partition coefficient (Wildman–Crippen LogP) is 4.60. The molecule has 3 rings (SSSR count). The van der Waals surface area contributed by atoms with Crippen molar-refractivity contribution in [3.63, 3.8) is 0 Å². The van der Waals surface area contributed by atoms with Crippen molar-refractivity contribution in [2.24, 2.45) is 5.92 Å². The van der Waals surface area contributed by atoms with Gasteiger partial charge in [0.05, 0.1) is 0 Å². The van der Waals surface area contributed by atoms with E-state index in [9.17, 15) is 0 Å². The molecule has 0 bridgehead atoms. The minimum atomic E-state index is 0.507. The van der Waals surface area contributed by atoms with E-state index in [1.807, 2.05) is 0 Å². The molecule has 0 radical (unpaired) electrons. The Labute approximate surface area is 116 Å². The van der Waals surface area contributed by atoms with Crippen LogP contribution in [0.3, 0.4) is 0 Å². The van der Waals surface area contributed by atoms with Gasteiger partial charge in [0.1, 0.15) is 0 Å².